The number of nitrogens with two attached hydrogens (primary N) is 2. The normalized spacial score (nSPS) is 15.4. The largest absolute Gasteiger partial charge is 0.366 e. The van der Waals surface area contributed by atoms with Crippen LogP contribution in [-0.2, 0) is 11.3 Å². The van der Waals surface area contributed by atoms with E-state index < -0.39 is 11.4 Å². The Morgan fingerprint density at radius 2 is 2.00 bits per heavy atom. The standard InChI is InChI=1S/C12H15N3O2.ClH/c13-10(16)9-3-1-2-8(6-9)7-15-11(17)12(14)4-5-12;/h1-3,6H,4-5,7,14H2,(H2,13,16)(H,15,17);1H. The van der Waals surface area contributed by atoms with Crippen molar-refractivity contribution in [3.05, 3.63) is 35.4 Å². The van der Waals surface area contributed by atoms with Crippen molar-refractivity contribution in [2.24, 2.45) is 11.5 Å². The third-order valence-electron chi connectivity index (χ3n) is 2.91. The highest BCUT2D eigenvalue weighted by Crippen LogP contribution is 2.32. The predicted octanol–water partition coefficient (Wildman–Crippen LogP) is 0.315. The molecular formula is C12H16ClN3O2. The molecule has 18 heavy (non-hydrogen) atoms. The monoisotopic (exact) mass is 269 g/mol. The van der Waals surface area contributed by atoms with Gasteiger partial charge in [0.05, 0.1) is 5.54 Å². The maximum atomic E-state index is 11.6. The SMILES string of the molecule is Cl.NC(=O)c1cccc(CNC(=O)C2(N)CC2)c1. The molecule has 5 N–H and O–H groups in total. The number of carbonyl (C=O) groups is 2. The van der Waals surface area contributed by atoms with Gasteiger partial charge < -0.3 is 16.8 Å². The quantitative estimate of drug-likeness (QED) is 0.734. The minimum Gasteiger partial charge on any atom is -0.366 e. The fourth-order valence-electron chi connectivity index (χ4n) is 1.55. The van der Waals surface area contributed by atoms with Crippen LogP contribution in [0.3, 0.4) is 0 Å². The molecule has 0 spiro atoms. The second-order valence-electron chi connectivity index (χ2n) is 4.40. The van der Waals surface area contributed by atoms with E-state index in [0.29, 0.717) is 12.1 Å². The van der Waals surface area contributed by atoms with Gasteiger partial charge in [0.1, 0.15) is 0 Å². The smallest absolute Gasteiger partial charge is 0.248 e. The van der Waals surface area contributed by atoms with Gasteiger partial charge in [0, 0.05) is 12.1 Å². The lowest BCUT2D eigenvalue weighted by Gasteiger charge is -2.10. The van der Waals surface area contributed by atoms with Gasteiger partial charge >= 0.3 is 0 Å². The van der Waals surface area contributed by atoms with Crippen molar-refractivity contribution in [2.45, 2.75) is 24.9 Å². The molecule has 6 heteroatoms. The highest BCUT2D eigenvalue weighted by Gasteiger charge is 2.45. The summed E-state index contributed by atoms with van der Waals surface area (Å²) >= 11 is 0. The van der Waals surface area contributed by atoms with Crippen LogP contribution in [0.15, 0.2) is 24.3 Å². The Kier molecular flexibility index (Phi) is 4.32. The molecule has 0 radical (unpaired) electrons. The minimum atomic E-state index is -0.665. The van der Waals surface area contributed by atoms with Crippen LogP contribution in [0.2, 0.25) is 0 Å². The van der Waals surface area contributed by atoms with E-state index in [9.17, 15) is 9.59 Å². The van der Waals surface area contributed by atoms with Crippen molar-refractivity contribution in [1.29, 1.82) is 0 Å². The predicted molar refractivity (Wildman–Crippen MR) is 70.2 cm³/mol. The Hall–Kier alpha value is -1.59. The van der Waals surface area contributed by atoms with Gasteiger partial charge in [-0.15, -0.1) is 12.4 Å². The molecule has 0 atom stereocenters. The van der Waals surface area contributed by atoms with Crippen molar-refractivity contribution >= 4 is 24.2 Å². The van der Waals surface area contributed by atoms with Gasteiger partial charge in [0.15, 0.2) is 0 Å². The van der Waals surface area contributed by atoms with E-state index >= 15 is 0 Å². The topological polar surface area (TPSA) is 98.2 Å². The zero-order valence-corrected chi connectivity index (χ0v) is 10.6. The van der Waals surface area contributed by atoms with Crippen LogP contribution in [0.4, 0.5) is 0 Å². The summed E-state index contributed by atoms with van der Waals surface area (Å²) in [5, 5.41) is 2.75. The first kappa shape index (κ1) is 14.5. The molecule has 0 aliphatic heterocycles. The summed E-state index contributed by atoms with van der Waals surface area (Å²) in [6.07, 6.45) is 1.47. The second-order valence-corrected chi connectivity index (χ2v) is 4.40. The number of carbonyl (C=O) groups excluding carboxylic acids is 2. The molecule has 1 aliphatic carbocycles. The average molecular weight is 270 g/mol. The fourth-order valence-corrected chi connectivity index (χ4v) is 1.55. The molecule has 5 nitrogen and oxygen atoms in total. The third kappa shape index (κ3) is 3.21. The summed E-state index contributed by atoms with van der Waals surface area (Å²) < 4.78 is 0. The number of primary amides is 1. The summed E-state index contributed by atoms with van der Waals surface area (Å²) in [6, 6.07) is 6.86. The molecule has 1 aliphatic rings. The molecule has 1 fully saturated rings. The van der Waals surface area contributed by atoms with Gasteiger partial charge in [-0.3, -0.25) is 9.59 Å². The van der Waals surface area contributed by atoms with Gasteiger partial charge in [-0.25, -0.2) is 0 Å². The first-order valence-corrected chi connectivity index (χ1v) is 5.47. The second kappa shape index (κ2) is 5.37. The molecule has 0 aromatic heterocycles. The Morgan fingerprint density at radius 3 is 2.56 bits per heavy atom. The number of benzene rings is 1. The lowest BCUT2D eigenvalue weighted by molar-refractivity contribution is -0.123. The van der Waals surface area contributed by atoms with E-state index in [0.717, 1.165) is 18.4 Å². The van der Waals surface area contributed by atoms with Crippen LogP contribution >= 0.6 is 12.4 Å². The van der Waals surface area contributed by atoms with E-state index in [-0.39, 0.29) is 18.3 Å². The zero-order chi connectivity index (χ0) is 12.5. The van der Waals surface area contributed by atoms with Crippen LogP contribution < -0.4 is 16.8 Å². The lowest BCUT2D eigenvalue weighted by Crippen LogP contribution is -2.42. The van der Waals surface area contributed by atoms with Gasteiger partial charge in [-0.2, -0.15) is 0 Å². The molecule has 0 unspecified atom stereocenters. The van der Waals surface area contributed by atoms with E-state index in [1.54, 1.807) is 18.2 Å². The zero-order valence-electron chi connectivity index (χ0n) is 9.81. The number of nitrogens with one attached hydrogen (secondary N) is 1. The Balaban J connectivity index is 0.00000162. The summed E-state index contributed by atoms with van der Waals surface area (Å²) in [4.78, 5) is 22.6. The molecular weight excluding hydrogens is 254 g/mol. The number of hydrogen-bond donors (Lipinski definition) is 3. The summed E-state index contributed by atoms with van der Waals surface area (Å²) in [5.74, 6) is -0.613. The highest BCUT2D eigenvalue weighted by atomic mass is 35.5. The van der Waals surface area contributed by atoms with Crippen molar-refractivity contribution in [1.82, 2.24) is 5.32 Å². The van der Waals surface area contributed by atoms with E-state index in [4.69, 9.17) is 11.5 Å². The van der Waals surface area contributed by atoms with E-state index in [2.05, 4.69) is 5.32 Å². The van der Waals surface area contributed by atoms with Crippen molar-refractivity contribution < 1.29 is 9.59 Å². The summed E-state index contributed by atoms with van der Waals surface area (Å²) in [7, 11) is 0. The van der Waals surface area contributed by atoms with Gasteiger partial charge in [-0.05, 0) is 30.5 Å². The molecule has 0 heterocycles. The maximum absolute atomic E-state index is 11.6. The fraction of sp³-hybridized carbons (Fsp3) is 0.333. The van der Waals surface area contributed by atoms with Crippen LogP contribution in [-0.4, -0.2) is 17.4 Å². The summed E-state index contributed by atoms with van der Waals surface area (Å²) in [6.45, 7) is 0.360. The van der Waals surface area contributed by atoms with Crippen LogP contribution in [0.5, 0.6) is 0 Å². The van der Waals surface area contributed by atoms with Crippen LogP contribution in [0.1, 0.15) is 28.8 Å². The van der Waals surface area contributed by atoms with Crippen LogP contribution in [0.25, 0.3) is 0 Å². The molecule has 1 saturated carbocycles. The van der Waals surface area contributed by atoms with Gasteiger partial charge in [-0.1, -0.05) is 12.1 Å². The molecule has 98 valence electrons. The first-order chi connectivity index (χ1) is 8.01. The lowest BCUT2D eigenvalue weighted by atomic mass is 10.1. The van der Waals surface area contributed by atoms with Crippen molar-refractivity contribution in [3.8, 4) is 0 Å². The van der Waals surface area contributed by atoms with E-state index in [1.165, 1.54) is 0 Å². The Bertz CT molecular complexity index is 472. The molecule has 0 saturated heterocycles. The molecule has 1 aromatic carbocycles. The van der Waals surface area contributed by atoms with Gasteiger partial charge in [0.2, 0.25) is 11.8 Å². The van der Waals surface area contributed by atoms with Crippen LogP contribution in [0, 0.1) is 0 Å². The van der Waals surface area contributed by atoms with E-state index in [1.807, 2.05) is 6.07 Å². The minimum absolute atomic E-state index is 0. The first-order valence-electron chi connectivity index (χ1n) is 5.47. The molecule has 2 amide bonds. The maximum Gasteiger partial charge on any atom is 0.248 e. The highest BCUT2D eigenvalue weighted by molar-refractivity contribution is 5.93. The number of amides is 2. The summed E-state index contributed by atoms with van der Waals surface area (Å²) in [5.41, 5.74) is 11.5. The van der Waals surface area contributed by atoms with Crippen molar-refractivity contribution in [3.63, 3.8) is 0 Å². The Morgan fingerprint density at radius 1 is 1.33 bits per heavy atom. The van der Waals surface area contributed by atoms with Crippen molar-refractivity contribution in [2.75, 3.05) is 0 Å². The molecule has 0 bridgehead atoms. The number of hydrogen-bond acceptors (Lipinski definition) is 3. The average Bonchev–Trinajstić information content (AvgIpc) is 3.06. The molecule has 1 aromatic rings. The van der Waals surface area contributed by atoms with Gasteiger partial charge in [0.25, 0.3) is 0 Å². The number of rotatable bonds is 4. The molecule has 2 rings (SSSR count). The third-order valence-corrected chi connectivity index (χ3v) is 2.91. The number of halogens is 1. The Labute approximate surface area is 111 Å².